The van der Waals surface area contributed by atoms with Crippen LogP contribution in [-0.4, -0.2) is 62.5 Å². The highest BCUT2D eigenvalue weighted by Gasteiger charge is 2.36. The number of fused-ring (bicyclic) bond motifs is 6. The van der Waals surface area contributed by atoms with Gasteiger partial charge in [-0.1, -0.05) is 17.7 Å². The zero-order valence-corrected chi connectivity index (χ0v) is 17.2. The Labute approximate surface area is 185 Å². The molecule has 10 heteroatoms. The van der Waals surface area contributed by atoms with Crippen molar-refractivity contribution in [3.63, 3.8) is 0 Å². The molecule has 32 heavy (non-hydrogen) atoms. The van der Waals surface area contributed by atoms with E-state index in [1.807, 2.05) is 0 Å². The monoisotopic (exact) mass is 459 g/mol. The first kappa shape index (κ1) is 20.9. The standard InChI is InChI=1S/C22H18ClNO8/c23-9-1-2-10-13(3-9)22(30)24(6-14(26)21(29)15(27)7-25)19-11-4-16-17(32-8-31-16)5-12(11)20(28)18(10)19/h1-5,14-15,21,25-27,29H,6-8H2/t14-,15+,21+/m0/s1. The fourth-order valence-corrected chi connectivity index (χ4v) is 4.40. The Balaban J connectivity index is 1.78. The summed E-state index contributed by atoms with van der Waals surface area (Å²) in [5.74, 6) is 0.489. The summed E-state index contributed by atoms with van der Waals surface area (Å²) in [5, 5.41) is 40.3. The van der Waals surface area contributed by atoms with Crippen molar-refractivity contribution in [1.82, 2.24) is 4.57 Å². The SMILES string of the molecule is O=C1c2cc3c(cc2-c2c1c1ccc(Cl)cc1c(=O)n2C[C@H](O)[C@@H](O)[C@H](O)CO)OCO3. The van der Waals surface area contributed by atoms with Crippen LogP contribution in [0.2, 0.25) is 5.02 Å². The van der Waals surface area contributed by atoms with E-state index in [-0.39, 0.29) is 29.2 Å². The minimum Gasteiger partial charge on any atom is -0.454 e. The lowest BCUT2D eigenvalue weighted by Crippen LogP contribution is -2.43. The Kier molecular flexibility index (Phi) is 4.95. The first-order valence-electron chi connectivity index (χ1n) is 9.81. The van der Waals surface area contributed by atoms with E-state index < -0.39 is 37.0 Å². The third-order valence-electron chi connectivity index (χ3n) is 5.82. The van der Waals surface area contributed by atoms with Gasteiger partial charge in [0, 0.05) is 26.9 Å². The normalized spacial score (nSPS) is 16.7. The van der Waals surface area contributed by atoms with Gasteiger partial charge in [-0.3, -0.25) is 9.59 Å². The molecule has 3 atom stereocenters. The minimum atomic E-state index is -1.72. The van der Waals surface area contributed by atoms with Gasteiger partial charge in [0.05, 0.1) is 24.4 Å². The molecule has 0 fully saturated rings. The summed E-state index contributed by atoms with van der Waals surface area (Å²) in [6, 6.07) is 7.76. The smallest absolute Gasteiger partial charge is 0.259 e. The molecule has 0 saturated heterocycles. The lowest BCUT2D eigenvalue weighted by Gasteiger charge is -2.24. The second kappa shape index (κ2) is 7.58. The number of aliphatic hydroxyl groups excluding tert-OH is 4. The van der Waals surface area contributed by atoms with E-state index >= 15 is 0 Å². The van der Waals surface area contributed by atoms with E-state index in [1.165, 1.54) is 10.6 Å². The highest BCUT2D eigenvalue weighted by Crippen LogP contribution is 2.46. The molecule has 0 bridgehead atoms. The Morgan fingerprint density at radius 1 is 0.969 bits per heavy atom. The van der Waals surface area contributed by atoms with Gasteiger partial charge in [-0.25, -0.2) is 0 Å². The average molecular weight is 460 g/mol. The largest absolute Gasteiger partial charge is 0.454 e. The van der Waals surface area contributed by atoms with Crippen molar-refractivity contribution in [3.8, 4) is 22.8 Å². The summed E-state index contributed by atoms with van der Waals surface area (Å²) in [7, 11) is 0. The maximum Gasteiger partial charge on any atom is 0.259 e. The Morgan fingerprint density at radius 2 is 1.66 bits per heavy atom. The molecule has 0 unspecified atom stereocenters. The number of pyridine rings is 1. The third-order valence-corrected chi connectivity index (χ3v) is 6.05. The number of nitrogens with zero attached hydrogens (tertiary/aromatic N) is 1. The number of hydrogen-bond acceptors (Lipinski definition) is 8. The number of aromatic nitrogens is 1. The lowest BCUT2D eigenvalue weighted by atomic mass is 10.0. The highest BCUT2D eigenvalue weighted by molar-refractivity contribution is 6.32. The van der Waals surface area contributed by atoms with Crippen molar-refractivity contribution in [3.05, 3.63) is 56.8 Å². The van der Waals surface area contributed by atoms with Crippen molar-refractivity contribution in [1.29, 1.82) is 0 Å². The predicted octanol–water partition coefficient (Wildman–Crippen LogP) is 0.670. The molecule has 0 saturated carbocycles. The van der Waals surface area contributed by atoms with Crippen LogP contribution in [0.15, 0.2) is 35.1 Å². The van der Waals surface area contributed by atoms with Gasteiger partial charge in [-0.2, -0.15) is 0 Å². The Morgan fingerprint density at radius 3 is 2.34 bits per heavy atom. The molecule has 5 rings (SSSR count). The summed E-state index contributed by atoms with van der Waals surface area (Å²) < 4.78 is 12.0. The molecule has 9 nitrogen and oxygen atoms in total. The molecule has 0 amide bonds. The van der Waals surface area contributed by atoms with Crippen LogP contribution in [0.5, 0.6) is 11.5 Å². The Bertz CT molecular complexity index is 1330. The molecule has 1 aromatic heterocycles. The number of hydrogen-bond donors (Lipinski definition) is 4. The predicted molar refractivity (Wildman–Crippen MR) is 113 cm³/mol. The van der Waals surface area contributed by atoms with Crippen molar-refractivity contribution in [2.75, 3.05) is 13.4 Å². The second-order valence-corrected chi connectivity index (χ2v) is 8.15. The quantitative estimate of drug-likeness (QED) is 0.341. The molecular formula is C22H18ClNO8. The van der Waals surface area contributed by atoms with E-state index in [0.717, 1.165) is 0 Å². The van der Waals surface area contributed by atoms with Crippen molar-refractivity contribution >= 4 is 28.2 Å². The number of aliphatic hydroxyl groups is 4. The van der Waals surface area contributed by atoms with Crippen molar-refractivity contribution in [2.45, 2.75) is 24.9 Å². The molecule has 1 aliphatic carbocycles. The minimum absolute atomic E-state index is 0.00620. The van der Waals surface area contributed by atoms with E-state index in [9.17, 15) is 24.9 Å². The topological polar surface area (TPSA) is 138 Å². The summed E-state index contributed by atoms with van der Waals surface area (Å²) in [6.45, 7) is -1.21. The van der Waals surface area contributed by atoms with Crippen LogP contribution in [0.1, 0.15) is 15.9 Å². The fourth-order valence-electron chi connectivity index (χ4n) is 4.22. The van der Waals surface area contributed by atoms with Gasteiger partial charge in [0.15, 0.2) is 17.3 Å². The first-order valence-corrected chi connectivity index (χ1v) is 10.2. The Hall–Kier alpha value is -2.95. The van der Waals surface area contributed by atoms with Crippen LogP contribution in [0, 0.1) is 0 Å². The molecule has 3 aromatic rings. The zero-order chi connectivity index (χ0) is 22.7. The molecule has 0 radical (unpaired) electrons. The van der Waals surface area contributed by atoms with Gasteiger partial charge in [0.1, 0.15) is 18.3 Å². The molecule has 4 N–H and O–H groups in total. The molecule has 2 heterocycles. The number of benzene rings is 2. The molecule has 1 aliphatic heterocycles. The zero-order valence-electron chi connectivity index (χ0n) is 16.5. The van der Waals surface area contributed by atoms with Crippen molar-refractivity contribution in [2.24, 2.45) is 0 Å². The number of ether oxygens (including phenoxy) is 2. The van der Waals surface area contributed by atoms with Gasteiger partial charge < -0.3 is 34.5 Å². The van der Waals surface area contributed by atoms with Crippen LogP contribution >= 0.6 is 11.6 Å². The average Bonchev–Trinajstić information content (AvgIpc) is 3.36. The van der Waals surface area contributed by atoms with Gasteiger partial charge in [0.25, 0.3) is 5.56 Å². The van der Waals surface area contributed by atoms with Crippen molar-refractivity contribution < 1.29 is 34.7 Å². The van der Waals surface area contributed by atoms with Crippen LogP contribution in [0.4, 0.5) is 0 Å². The summed E-state index contributed by atoms with van der Waals surface area (Å²) >= 11 is 6.09. The van der Waals surface area contributed by atoms with Gasteiger partial charge in [0.2, 0.25) is 6.79 Å². The maximum atomic E-state index is 13.4. The highest BCUT2D eigenvalue weighted by atomic mass is 35.5. The van der Waals surface area contributed by atoms with Crippen LogP contribution in [-0.2, 0) is 6.54 Å². The molecule has 2 aliphatic rings. The molecule has 166 valence electrons. The molecule has 0 spiro atoms. The maximum absolute atomic E-state index is 13.4. The van der Waals surface area contributed by atoms with Crippen LogP contribution in [0.3, 0.4) is 0 Å². The lowest BCUT2D eigenvalue weighted by molar-refractivity contribution is -0.0806. The summed E-state index contributed by atoms with van der Waals surface area (Å²) in [4.78, 5) is 26.8. The van der Waals surface area contributed by atoms with E-state index in [2.05, 4.69) is 0 Å². The number of halogens is 1. The summed E-state index contributed by atoms with van der Waals surface area (Å²) in [6.07, 6.45) is -4.93. The molecule has 2 aromatic carbocycles. The number of ketones is 1. The first-order chi connectivity index (χ1) is 15.3. The van der Waals surface area contributed by atoms with Gasteiger partial charge in [-0.15, -0.1) is 0 Å². The second-order valence-electron chi connectivity index (χ2n) is 7.72. The van der Waals surface area contributed by atoms with Crippen LogP contribution in [0.25, 0.3) is 22.0 Å². The molecular weight excluding hydrogens is 442 g/mol. The van der Waals surface area contributed by atoms with E-state index in [1.54, 1.807) is 24.3 Å². The number of carbonyl (C=O) groups excluding carboxylic acids is 1. The van der Waals surface area contributed by atoms with Crippen LogP contribution < -0.4 is 15.0 Å². The summed E-state index contributed by atoms with van der Waals surface area (Å²) in [5.41, 5.74) is 0.703. The number of carbonyl (C=O) groups is 1. The third kappa shape index (κ3) is 3.01. The van der Waals surface area contributed by atoms with Gasteiger partial charge in [-0.05, 0) is 24.3 Å². The van der Waals surface area contributed by atoms with Gasteiger partial charge >= 0.3 is 0 Å². The van der Waals surface area contributed by atoms with E-state index in [0.29, 0.717) is 33.0 Å². The fraction of sp³-hybridized carbons (Fsp3) is 0.273. The van der Waals surface area contributed by atoms with E-state index in [4.69, 9.17) is 26.2 Å². The number of rotatable bonds is 5.